The zero-order chi connectivity index (χ0) is 10.0. The summed E-state index contributed by atoms with van der Waals surface area (Å²) in [6, 6.07) is 0.602. The molecule has 2 N–H and O–H groups in total. The van der Waals surface area contributed by atoms with Gasteiger partial charge >= 0.3 is 0 Å². The van der Waals surface area contributed by atoms with E-state index in [0.29, 0.717) is 11.1 Å². The molecule has 0 aliphatic heterocycles. The zero-order valence-corrected chi connectivity index (χ0v) is 6.79. The highest BCUT2D eigenvalue weighted by Crippen LogP contribution is 2.13. The molecule has 6 heteroatoms. The van der Waals surface area contributed by atoms with Gasteiger partial charge in [-0.05, 0) is 0 Å². The molecule has 0 atom stereocenters. The summed E-state index contributed by atoms with van der Waals surface area (Å²) in [5.74, 6) is 2.37. The average molecular weight is 187 g/mol. The Morgan fingerprint density at radius 1 is 1.62 bits per heavy atom. The fourth-order valence-corrected chi connectivity index (χ4v) is 0.734. The number of hydrazine groups is 1. The Hall–Kier alpha value is -1.56. The molecule has 0 saturated carbocycles. The molecule has 1 amide bonds. The number of nitrogens with two attached hydrogens (primary N) is 1. The van der Waals surface area contributed by atoms with Crippen LogP contribution in [0.25, 0.3) is 0 Å². The summed E-state index contributed by atoms with van der Waals surface area (Å²) in [5, 5.41) is 0.509. The second-order valence-electron chi connectivity index (χ2n) is 2.35. The van der Waals surface area contributed by atoms with Crippen LogP contribution in [0.15, 0.2) is 12.3 Å². The highest BCUT2D eigenvalue weighted by Gasteiger charge is 2.13. The molecule has 0 aliphatic rings. The monoisotopic (exact) mass is 187 g/mol. The van der Waals surface area contributed by atoms with Crippen molar-refractivity contribution in [2.45, 2.75) is 6.92 Å². The van der Waals surface area contributed by atoms with Gasteiger partial charge in [0, 0.05) is 13.0 Å². The molecule has 0 unspecified atom stereocenters. The first-order valence-electron chi connectivity index (χ1n) is 3.39. The third-order valence-electron chi connectivity index (χ3n) is 1.36. The van der Waals surface area contributed by atoms with E-state index in [1.807, 2.05) is 0 Å². The molecule has 1 aromatic heterocycles. The van der Waals surface area contributed by atoms with Crippen molar-refractivity contribution in [3.63, 3.8) is 0 Å². The molecule has 0 aromatic carbocycles. The number of hydrogen-bond acceptors (Lipinski definition) is 3. The number of rotatable bonds is 1. The van der Waals surface area contributed by atoms with Crippen molar-refractivity contribution < 1.29 is 13.6 Å². The van der Waals surface area contributed by atoms with E-state index in [0.717, 1.165) is 13.1 Å². The molecular formula is C7H7F2N3O. The van der Waals surface area contributed by atoms with Crippen LogP contribution in [-0.2, 0) is 4.79 Å². The van der Waals surface area contributed by atoms with Gasteiger partial charge < -0.3 is 0 Å². The number of carbonyl (C=O) groups is 1. The summed E-state index contributed by atoms with van der Waals surface area (Å²) >= 11 is 0. The zero-order valence-electron chi connectivity index (χ0n) is 6.79. The van der Waals surface area contributed by atoms with Crippen LogP contribution in [0.5, 0.6) is 0 Å². The van der Waals surface area contributed by atoms with Crippen LogP contribution in [0.4, 0.5) is 14.6 Å². The molecule has 70 valence electrons. The average Bonchev–Trinajstić information content (AvgIpc) is 2.03. The van der Waals surface area contributed by atoms with Crippen molar-refractivity contribution >= 4 is 11.7 Å². The first-order chi connectivity index (χ1) is 6.02. The van der Waals surface area contributed by atoms with Gasteiger partial charge in [-0.1, -0.05) is 0 Å². The van der Waals surface area contributed by atoms with Crippen molar-refractivity contribution in [2.75, 3.05) is 5.01 Å². The molecule has 0 bridgehead atoms. The maximum absolute atomic E-state index is 12.9. The molecular weight excluding hydrogens is 180 g/mol. The van der Waals surface area contributed by atoms with Crippen LogP contribution in [-0.4, -0.2) is 10.9 Å². The van der Waals surface area contributed by atoms with Crippen molar-refractivity contribution in [1.29, 1.82) is 0 Å². The Labute approximate surface area is 72.9 Å². The van der Waals surface area contributed by atoms with Gasteiger partial charge in [-0.15, -0.1) is 0 Å². The highest BCUT2D eigenvalue weighted by atomic mass is 19.1. The van der Waals surface area contributed by atoms with E-state index < -0.39 is 23.4 Å². The highest BCUT2D eigenvalue weighted by molar-refractivity contribution is 5.89. The maximum Gasteiger partial charge on any atom is 0.239 e. The van der Waals surface area contributed by atoms with Gasteiger partial charge in [-0.3, -0.25) is 4.79 Å². The number of pyridine rings is 1. The van der Waals surface area contributed by atoms with Crippen molar-refractivity contribution in [3.05, 3.63) is 23.9 Å². The van der Waals surface area contributed by atoms with Crippen LogP contribution in [0.2, 0.25) is 0 Å². The Morgan fingerprint density at radius 3 is 2.69 bits per heavy atom. The number of anilines is 1. The minimum atomic E-state index is -0.974. The predicted molar refractivity (Wildman–Crippen MR) is 41.5 cm³/mol. The van der Waals surface area contributed by atoms with Gasteiger partial charge in [-0.25, -0.2) is 24.6 Å². The molecule has 0 saturated heterocycles. The SMILES string of the molecule is CC(=O)N(N)c1ncc(F)cc1F. The van der Waals surface area contributed by atoms with E-state index in [4.69, 9.17) is 5.84 Å². The summed E-state index contributed by atoms with van der Waals surface area (Å²) in [5.41, 5.74) is 0. The smallest absolute Gasteiger partial charge is 0.239 e. The minimum absolute atomic E-state index is 0.395. The predicted octanol–water partition coefficient (Wildman–Crippen LogP) is 0.586. The summed E-state index contributed by atoms with van der Waals surface area (Å²) in [6.45, 7) is 1.14. The number of halogens is 2. The van der Waals surface area contributed by atoms with Crippen molar-refractivity contribution in [2.24, 2.45) is 5.84 Å². The van der Waals surface area contributed by atoms with Crippen molar-refractivity contribution in [1.82, 2.24) is 4.98 Å². The van der Waals surface area contributed by atoms with Crippen LogP contribution in [0, 0.1) is 11.6 Å². The van der Waals surface area contributed by atoms with E-state index in [1.165, 1.54) is 0 Å². The van der Waals surface area contributed by atoms with Gasteiger partial charge in [0.05, 0.1) is 6.20 Å². The van der Waals surface area contributed by atoms with Crippen molar-refractivity contribution in [3.8, 4) is 0 Å². The summed E-state index contributed by atoms with van der Waals surface area (Å²) in [6.07, 6.45) is 0.779. The number of hydrogen-bond donors (Lipinski definition) is 1. The summed E-state index contributed by atoms with van der Waals surface area (Å²) in [7, 11) is 0. The molecule has 0 spiro atoms. The molecule has 0 fully saturated rings. The quantitative estimate of drug-likeness (QED) is 0.397. The van der Waals surface area contributed by atoms with E-state index in [1.54, 1.807) is 0 Å². The molecule has 13 heavy (non-hydrogen) atoms. The molecule has 0 aliphatic carbocycles. The molecule has 0 radical (unpaired) electrons. The molecule has 4 nitrogen and oxygen atoms in total. The van der Waals surface area contributed by atoms with E-state index in [-0.39, 0.29) is 0 Å². The fraction of sp³-hybridized carbons (Fsp3) is 0.143. The van der Waals surface area contributed by atoms with Crippen LogP contribution < -0.4 is 10.9 Å². The lowest BCUT2D eigenvalue weighted by Crippen LogP contribution is -2.36. The topological polar surface area (TPSA) is 59.2 Å². The lowest BCUT2D eigenvalue weighted by molar-refractivity contribution is -0.116. The van der Waals surface area contributed by atoms with E-state index in [2.05, 4.69) is 4.98 Å². The normalized spacial score (nSPS) is 9.85. The maximum atomic E-state index is 12.9. The Bertz CT molecular complexity index is 343. The third-order valence-corrected chi connectivity index (χ3v) is 1.36. The second kappa shape index (κ2) is 3.44. The van der Waals surface area contributed by atoms with Crippen LogP contribution in [0.3, 0.4) is 0 Å². The second-order valence-corrected chi connectivity index (χ2v) is 2.35. The van der Waals surface area contributed by atoms with E-state index in [9.17, 15) is 13.6 Å². The fourth-order valence-electron chi connectivity index (χ4n) is 0.734. The van der Waals surface area contributed by atoms with Crippen LogP contribution >= 0.6 is 0 Å². The molecule has 1 aromatic rings. The first-order valence-corrected chi connectivity index (χ1v) is 3.39. The summed E-state index contributed by atoms with van der Waals surface area (Å²) < 4.78 is 25.3. The number of carbonyl (C=O) groups excluding carboxylic acids is 1. The molecule has 1 heterocycles. The third kappa shape index (κ3) is 1.97. The number of nitrogens with zero attached hydrogens (tertiary/aromatic N) is 2. The van der Waals surface area contributed by atoms with Gasteiger partial charge in [0.2, 0.25) is 5.91 Å². The van der Waals surface area contributed by atoms with Crippen LogP contribution in [0.1, 0.15) is 6.92 Å². The Morgan fingerprint density at radius 2 is 2.23 bits per heavy atom. The number of amides is 1. The Kier molecular flexibility index (Phi) is 2.52. The van der Waals surface area contributed by atoms with Gasteiger partial charge in [0.25, 0.3) is 0 Å². The molecule has 1 rings (SSSR count). The minimum Gasteiger partial charge on any atom is -0.273 e. The van der Waals surface area contributed by atoms with Gasteiger partial charge in [0.1, 0.15) is 5.82 Å². The van der Waals surface area contributed by atoms with E-state index >= 15 is 0 Å². The lowest BCUT2D eigenvalue weighted by atomic mass is 10.4. The Balaban J connectivity index is 3.08. The standard InChI is InChI=1S/C7H7F2N3O/c1-4(13)12(10)7-6(9)2-5(8)3-11-7/h2-3H,10H2,1H3. The first kappa shape index (κ1) is 9.53. The largest absolute Gasteiger partial charge is 0.273 e. The summed E-state index contributed by atoms with van der Waals surface area (Å²) in [4.78, 5) is 14.0. The van der Waals surface area contributed by atoms with Gasteiger partial charge in [0.15, 0.2) is 11.6 Å². The lowest BCUT2D eigenvalue weighted by Gasteiger charge is -2.12. The van der Waals surface area contributed by atoms with Gasteiger partial charge in [-0.2, -0.15) is 0 Å². The number of aromatic nitrogens is 1.